The molecular weight excluding hydrogens is 352 g/mol. The number of ether oxygens (including phenoxy) is 1. The lowest BCUT2D eigenvalue weighted by atomic mass is 10.2. The molecule has 2 rings (SSSR count). The highest BCUT2D eigenvalue weighted by Gasteiger charge is 2.27. The van der Waals surface area contributed by atoms with E-state index < -0.39 is 12.1 Å². The molecule has 142 valence electrons. The summed E-state index contributed by atoms with van der Waals surface area (Å²) in [6.07, 6.45) is 1.16. The van der Waals surface area contributed by atoms with Crippen molar-refractivity contribution in [3.8, 4) is 0 Å². The maximum Gasteiger partial charge on any atom is 0.340 e. The van der Waals surface area contributed by atoms with Crippen LogP contribution in [-0.2, 0) is 14.3 Å². The van der Waals surface area contributed by atoms with Gasteiger partial charge < -0.3 is 15.0 Å². The highest BCUT2D eigenvalue weighted by atomic mass is 32.2. The number of amides is 2. The van der Waals surface area contributed by atoms with Gasteiger partial charge in [0.25, 0.3) is 5.91 Å². The molecule has 6 nitrogen and oxygen atoms in total. The number of likely N-dealkylation sites (tertiary alicyclic amines) is 1. The molecule has 2 amide bonds. The van der Waals surface area contributed by atoms with Crippen LogP contribution in [0.2, 0.25) is 0 Å². The minimum atomic E-state index is -0.817. The number of rotatable bonds is 7. The molecule has 7 heteroatoms. The fourth-order valence-corrected chi connectivity index (χ4v) is 3.59. The number of benzene rings is 1. The molecule has 1 aliphatic heterocycles. The lowest BCUT2D eigenvalue weighted by Crippen LogP contribution is -2.38. The third-order valence-electron chi connectivity index (χ3n) is 3.96. The first-order valence-electron chi connectivity index (χ1n) is 8.89. The summed E-state index contributed by atoms with van der Waals surface area (Å²) < 4.78 is 5.38. The summed E-state index contributed by atoms with van der Waals surface area (Å²) in [5.74, 6) is -0.578. The van der Waals surface area contributed by atoms with Crippen LogP contribution in [0.1, 0.15) is 44.0 Å². The first-order valence-corrected chi connectivity index (χ1v) is 9.88. The summed E-state index contributed by atoms with van der Waals surface area (Å²) in [5, 5.41) is 2.81. The lowest BCUT2D eigenvalue weighted by Gasteiger charge is -2.20. The summed E-state index contributed by atoms with van der Waals surface area (Å²) in [4.78, 5) is 39.0. The molecule has 1 aliphatic rings. The third kappa shape index (κ3) is 5.76. The quantitative estimate of drug-likeness (QED) is 0.583. The Labute approximate surface area is 158 Å². The van der Waals surface area contributed by atoms with Crippen LogP contribution in [0.5, 0.6) is 0 Å². The molecule has 0 aliphatic carbocycles. The molecule has 26 heavy (non-hydrogen) atoms. The lowest BCUT2D eigenvalue weighted by molar-refractivity contribution is -0.138. The van der Waals surface area contributed by atoms with Crippen LogP contribution in [0.3, 0.4) is 0 Å². The van der Waals surface area contributed by atoms with Crippen LogP contribution in [0, 0.1) is 0 Å². The summed E-state index contributed by atoms with van der Waals surface area (Å²) in [6.45, 7) is 6.83. The van der Waals surface area contributed by atoms with E-state index in [1.54, 1.807) is 36.1 Å². The predicted molar refractivity (Wildman–Crippen MR) is 101 cm³/mol. The Bertz CT molecular complexity index is 657. The Kier molecular flexibility index (Phi) is 7.50. The number of thioether (sulfide) groups is 1. The molecule has 0 bridgehead atoms. The van der Waals surface area contributed by atoms with Crippen LogP contribution < -0.4 is 5.32 Å². The van der Waals surface area contributed by atoms with Crippen molar-refractivity contribution in [2.45, 2.75) is 50.7 Å². The molecule has 1 N–H and O–H groups in total. The van der Waals surface area contributed by atoms with Gasteiger partial charge in [0.05, 0.1) is 11.3 Å². The first-order chi connectivity index (χ1) is 12.4. The molecule has 1 saturated heterocycles. The van der Waals surface area contributed by atoms with Gasteiger partial charge in [0, 0.05) is 24.0 Å². The monoisotopic (exact) mass is 378 g/mol. The Morgan fingerprint density at radius 2 is 1.81 bits per heavy atom. The maximum absolute atomic E-state index is 12.5. The number of hydrogen-bond donors (Lipinski definition) is 1. The number of carbonyl (C=O) groups is 3. The Balaban J connectivity index is 1.97. The summed E-state index contributed by atoms with van der Waals surface area (Å²) in [6, 6.07) is 7.04. The average molecular weight is 378 g/mol. The minimum absolute atomic E-state index is 0.0701. The van der Waals surface area contributed by atoms with E-state index in [0.717, 1.165) is 25.9 Å². The van der Waals surface area contributed by atoms with E-state index in [4.69, 9.17) is 4.74 Å². The topological polar surface area (TPSA) is 75.7 Å². The number of carbonyl (C=O) groups excluding carboxylic acids is 3. The molecule has 1 aromatic carbocycles. The zero-order chi connectivity index (χ0) is 19.1. The fraction of sp³-hybridized carbons (Fsp3) is 0.526. The van der Waals surface area contributed by atoms with Crippen molar-refractivity contribution < 1.29 is 19.1 Å². The van der Waals surface area contributed by atoms with Gasteiger partial charge in [-0.15, -0.1) is 11.8 Å². The largest absolute Gasteiger partial charge is 0.449 e. The van der Waals surface area contributed by atoms with Crippen LogP contribution in [0.15, 0.2) is 29.2 Å². The second kappa shape index (κ2) is 9.62. The van der Waals surface area contributed by atoms with Crippen molar-refractivity contribution in [1.82, 2.24) is 10.2 Å². The Morgan fingerprint density at radius 3 is 2.46 bits per heavy atom. The van der Waals surface area contributed by atoms with Crippen molar-refractivity contribution >= 4 is 29.5 Å². The molecule has 1 heterocycles. The zero-order valence-electron chi connectivity index (χ0n) is 15.5. The second-order valence-electron chi connectivity index (χ2n) is 6.59. The smallest absolute Gasteiger partial charge is 0.340 e. The van der Waals surface area contributed by atoms with Crippen LogP contribution >= 0.6 is 11.8 Å². The summed E-state index contributed by atoms with van der Waals surface area (Å²) >= 11 is 1.28. The van der Waals surface area contributed by atoms with Crippen molar-refractivity contribution in [2.24, 2.45) is 0 Å². The highest BCUT2D eigenvalue weighted by molar-refractivity contribution is 8.00. The predicted octanol–water partition coefficient (Wildman–Crippen LogP) is 2.47. The van der Waals surface area contributed by atoms with Crippen molar-refractivity contribution in [3.05, 3.63) is 29.8 Å². The van der Waals surface area contributed by atoms with Crippen LogP contribution in [0.4, 0.5) is 0 Å². The molecule has 0 unspecified atom stereocenters. The van der Waals surface area contributed by atoms with Gasteiger partial charge in [-0.2, -0.15) is 0 Å². The Hall–Kier alpha value is -2.02. The first kappa shape index (κ1) is 20.3. The third-order valence-corrected chi connectivity index (χ3v) is 5.04. The van der Waals surface area contributed by atoms with Crippen LogP contribution in [-0.4, -0.2) is 53.7 Å². The van der Waals surface area contributed by atoms with E-state index in [1.165, 1.54) is 11.8 Å². The van der Waals surface area contributed by atoms with Gasteiger partial charge in [-0.3, -0.25) is 9.59 Å². The van der Waals surface area contributed by atoms with E-state index in [9.17, 15) is 14.4 Å². The van der Waals surface area contributed by atoms with Crippen molar-refractivity contribution in [3.63, 3.8) is 0 Å². The number of nitrogens with zero attached hydrogens (tertiary/aromatic N) is 1. The van der Waals surface area contributed by atoms with E-state index in [0.29, 0.717) is 10.5 Å². The molecular formula is C19H26N2O4S. The van der Waals surface area contributed by atoms with Gasteiger partial charge in [-0.05, 0) is 45.7 Å². The normalized spacial score (nSPS) is 15.0. The second-order valence-corrected chi connectivity index (χ2v) is 7.60. The Morgan fingerprint density at radius 1 is 1.15 bits per heavy atom. The van der Waals surface area contributed by atoms with Crippen LogP contribution in [0.25, 0.3) is 0 Å². The highest BCUT2D eigenvalue weighted by Crippen LogP contribution is 2.24. The van der Waals surface area contributed by atoms with Gasteiger partial charge in [0.15, 0.2) is 6.10 Å². The fourth-order valence-electron chi connectivity index (χ4n) is 2.74. The number of esters is 1. The standard InChI is InChI=1S/C19H26N2O4S/c1-13(2)20-17(22)12-26-16-9-5-4-8-15(16)19(24)25-14(3)18(23)21-10-6-7-11-21/h4-5,8-9,13-14H,6-7,10-12H2,1-3H3,(H,20,22)/t14-/m1/s1. The van der Waals surface area contributed by atoms with E-state index in [-0.39, 0.29) is 23.6 Å². The van der Waals surface area contributed by atoms with E-state index >= 15 is 0 Å². The van der Waals surface area contributed by atoms with E-state index in [2.05, 4.69) is 5.32 Å². The number of hydrogen-bond acceptors (Lipinski definition) is 5. The average Bonchev–Trinajstić information content (AvgIpc) is 3.13. The van der Waals surface area contributed by atoms with Gasteiger partial charge in [-0.25, -0.2) is 4.79 Å². The molecule has 1 fully saturated rings. The van der Waals surface area contributed by atoms with Gasteiger partial charge >= 0.3 is 5.97 Å². The molecule has 1 atom stereocenters. The van der Waals surface area contributed by atoms with Gasteiger partial charge in [0.2, 0.25) is 5.91 Å². The van der Waals surface area contributed by atoms with Crippen molar-refractivity contribution in [1.29, 1.82) is 0 Å². The summed E-state index contributed by atoms with van der Waals surface area (Å²) in [7, 11) is 0. The molecule has 0 spiro atoms. The molecule has 1 aromatic rings. The van der Waals surface area contributed by atoms with E-state index in [1.807, 2.05) is 13.8 Å². The summed E-state index contributed by atoms with van der Waals surface area (Å²) in [5.41, 5.74) is 0.371. The van der Waals surface area contributed by atoms with Crippen molar-refractivity contribution in [2.75, 3.05) is 18.8 Å². The molecule has 0 radical (unpaired) electrons. The zero-order valence-corrected chi connectivity index (χ0v) is 16.3. The SMILES string of the molecule is CC(C)NC(=O)CSc1ccccc1C(=O)O[C@H](C)C(=O)N1CCCC1. The number of nitrogens with one attached hydrogen (secondary N) is 1. The maximum atomic E-state index is 12.5. The van der Waals surface area contributed by atoms with Gasteiger partial charge in [-0.1, -0.05) is 12.1 Å². The van der Waals surface area contributed by atoms with Gasteiger partial charge in [0.1, 0.15) is 0 Å². The minimum Gasteiger partial charge on any atom is -0.449 e. The molecule has 0 saturated carbocycles. The molecule has 0 aromatic heterocycles.